The summed E-state index contributed by atoms with van der Waals surface area (Å²) >= 11 is 0. The van der Waals surface area contributed by atoms with Gasteiger partial charge in [0, 0.05) is 18.2 Å². The van der Waals surface area contributed by atoms with Gasteiger partial charge in [-0.1, -0.05) is 0 Å². The third-order valence-corrected chi connectivity index (χ3v) is 4.38. The summed E-state index contributed by atoms with van der Waals surface area (Å²) in [6.07, 6.45) is 0. The van der Waals surface area contributed by atoms with E-state index in [0.717, 1.165) is 36.4 Å². The predicted octanol–water partition coefficient (Wildman–Crippen LogP) is 2.31. The molecule has 0 amide bonds. The van der Waals surface area contributed by atoms with E-state index in [-0.39, 0.29) is 27.7 Å². The second-order valence-corrected chi connectivity index (χ2v) is 6.18. The van der Waals surface area contributed by atoms with Crippen molar-refractivity contribution in [2.45, 2.75) is 4.90 Å². The quantitative estimate of drug-likeness (QED) is 0.620. The maximum Gasteiger partial charge on any atom is 0.273 e. The molecule has 0 heterocycles. The van der Waals surface area contributed by atoms with Gasteiger partial charge in [-0.05, 0) is 18.2 Å². The zero-order chi connectivity index (χ0) is 17.9. The van der Waals surface area contributed by atoms with Crippen LogP contribution in [0.1, 0.15) is 0 Å². The van der Waals surface area contributed by atoms with Gasteiger partial charge in [0.2, 0.25) is 0 Å². The fourth-order valence-electron chi connectivity index (χ4n) is 1.83. The van der Waals surface area contributed by atoms with E-state index in [1.165, 1.54) is 13.2 Å². The van der Waals surface area contributed by atoms with Crippen LogP contribution in [0, 0.1) is 20.2 Å². The van der Waals surface area contributed by atoms with Gasteiger partial charge >= 0.3 is 0 Å². The number of ether oxygens (including phenoxy) is 1. The molecule has 10 nitrogen and oxygen atoms in total. The molecule has 11 heteroatoms. The summed E-state index contributed by atoms with van der Waals surface area (Å²) in [5, 5.41) is 21.3. The van der Waals surface area contributed by atoms with Crippen LogP contribution in [0.2, 0.25) is 0 Å². The maximum atomic E-state index is 12.3. The molecule has 0 aliphatic rings. The molecule has 0 spiro atoms. The van der Waals surface area contributed by atoms with Gasteiger partial charge < -0.3 is 4.74 Å². The highest BCUT2D eigenvalue weighted by Gasteiger charge is 2.19. The second-order valence-electron chi connectivity index (χ2n) is 4.50. The van der Waals surface area contributed by atoms with Crippen molar-refractivity contribution in [3.63, 3.8) is 0 Å². The monoisotopic (exact) mass is 353 g/mol. The number of nitro groups is 2. The molecule has 0 bridgehead atoms. The first-order valence-electron chi connectivity index (χ1n) is 6.34. The third kappa shape index (κ3) is 3.57. The normalized spacial score (nSPS) is 10.9. The number of anilines is 1. The van der Waals surface area contributed by atoms with E-state index in [2.05, 4.69) is 4.72 Å². The Kier molecular flexibility index (Phi) is 4.64. The number of nitro benzene ring substituents is 2. The molecule has 0 aromatic heterocycles. The zero-order valence-corrected chi connectivity index (χ0v) is 13.0. The lowest BCUT2D eigenvalue weighted by atomic mass is 10.2. The molecule has 2 aromatic carbocycles. The van der Waals surface area contributed by atoms with Gasteiger partial charge in [-0.25, -0.2) is 8.42 Å². The van der Waals surface area contributed by atoms with E-state index >= 15 is 0 Å². The molecule has 0 unspecified atom stereocenters. The van der Waals surface area contributed by atoms with E-state index in [9.17, 15) is 28.6 Å². The smallest absolute Gasteiger partial charge is 0.273 e. The first-order valence-corrected chi connectivity index (χ1v) is 7.82. The minimum absolute atomic E-state index is 0.00135. The second kappa shape index (κ2) is 6.50. The van der Waals surface area contributed by atoms with Crippen LogP contribution in [0.5, 0.6) is 5.75 Å². The molecular formula is C13H11N3O7S. The fraction of sp³-hybridized carbons (Fsp3) is 0.0769. The van der Waals surface area contributed by atoms with Crippen molar-refractivity contribution in [1.82, 2.24) is 0 Å². The molecule has 0 saturated heterocycles. The molecule has 0 aliphatic heterocycles. The Labute approximate surface area is 136 Å². The van der Waals surface area contributed by atoms with Gasteiger partial charge in [0.05, 0.1) is 33.6 Å². The topological polar surface area (TPSA) is 142 Å². The lowest BCUT2D eigenvalue weighted by Gasteiger charge is -2.11. The summed E-state index contributed by atoms with van der Waals surface area (Å²) in [5.41, 5.74) is -0.506. The number of hydrogen-bond donors (Lipinski definition) is 1. The Balaban J connectivity index is 2.35. The molecule has 2 rings (SSSR count). The van der Waals surface area contributed by atoms with Gasteiger partial charge in [-0.3, -0.25) is 25.0 Å². The van der Waals surface area contributed by atoms with Crippen LogP contribution >= 0.6 is 0 Å². The van der Waals surface area contributed by atoms with E-state index in [4.69, 9.17) is 4.74 Å². The van der Waals surface area contributed by atoms with Gasteiger partial charge in [0.25, 0.3) is 21.4 Å². The van der Waals surface area contributed by atoms with Gasteiger partial charge in [0.15, 0.2) is 0 Å². The van der Waals surface area contributed by atoms with Crippen molar-refractivity contribution in [3.8, 4) is 5.75 Å². The van der Waals surface area contributed by atoms with Crippen LogP contribution in [0.25, 0.3) is 0 Å². The van der Waals surface area contributed by atoms with Crippen LogP contribution < -0.4 is 9.46 Å². The molecular weight excluding hydrogens is 342 g/mol. The SMILES string of the molecule is COc1cc([N+](=O)[O-])ccc1NS(=O)(=O)c1ccc([N+](=O)[O-])cc1. The van der Waals surface area contributed by atoms with Crippen molar-refractivity contribution in [3.05, 3.63) is 62.7 Å². The lowest BCUT2D eigenvalue weighted by molar-refractivity contribution is -0.385. The van der Waals surface area contributed by atoms with E-state index in [1.807, 2.05) is 0 Å². The third-order valence-electron chi connectivity index (χ3n) is 3.00. The summed E-state index contributed by atoms with van der Waals surface area (Å²) in [5.74, 6) is -0.0327. The molecule has 1 N–H and O–H groups in total. The van der Waals surface area contributed by atoms with Gasteiger partial charge in [-0.2, -0.15) is 0 Å². The maximum absolute atomic E-state index is 12.3. The minimum Gasteiger partial charge on any atom is -0.494 e. The summed E-state index contributed by atoms with van der Waals surface area (Å²) < 4.78 is 31.8. The van der Waals surface area contributed by atoms with Crippen LogP contribution in [0.15, 0.2) is 47.4 Å². The van der Waals surface area contributed by atoms with Crippen molar-refractivity contribution < 1.29 is 23.0 Å². The molecule has 0 fully saturated rings. The fourth-order valence-corrected chi connectivity index (χ4v) is 2.90. The number of sulfonamides is 1. The Hall–Kier alpha value is -3.21. The van der Waals surface area contributed by atoms with Crippen LogP contribution in [-0.2, 0) is 10.0 Å². The number of nitrogens with zero attached hydrogens (tertiary/aromatic N) is 2. The molecule has 0 aliphatic carbocycles. The van der Waals surface area contributed by atoms with E-state index < -0.39 is 19.9 Å². The highest BCUT2D eigenvalue weighted by Crippen LogP contribution is 2.31. The number of nitrogens with one attached hydrogen (secondary N) is 1. The summed E-state index contributed by atoms with van der Waals surface area (Å²) in [7, 11) is -2.81. The van der Waals surface area contributed by atoms with E-state index in [1.54, 1.807) is 0 Å². The highest BCUT2D eigenvalue weighted by molar-refractivity contribution is 7.92. The molecule has 0 saturated carbocycles. The Morgan fingerprint density at radius 2 is 1.50 bits per heavy atom. The van der Waals surface area contributed by atoms with Crippen LogP contribution in [0.3, 0.4) is 0 Å². The molecule has 0 atom stereocenters. The highest BCUT2D eigenvalue weighted by atomic mass is 32.2. The number of non-ortho nitro benzene ring substituents is 2. The summed E-state index contributed by atoms with van der Waals surface area (Å²) in [4.78, 5) is 19.8. The van der Waals surface area contributed by atoms with Gasteiger partial charge in [0.1, 0.15) is 5.75 Å². The average Bonchev–Trinajstić information content (AvgIpc) is 2.54. The van der Waals surface area contributed by atoms with Crippen LogP contribution in [-0.4, -0.2) is 25.4 Å². The van der Waals surface area contributed by atoms with Crippen molar-refractivity contribution in [2.24, 2.45) is 0 Å². The first kappa shape index (κ1) is 17.1. The Morgan fingerprint density at radius 1 is 0.958 bits per heavy atom. The van der Waals surface area contributed by atoms with Crippen molar-refractivity contribution >= 4 is 27.1 Å². The number of rotatable bonds is 6. The zero-order valence-electron chi connectivity index (χ0n) is 12.2. The van der Waals surface area contributed by atoms with Crippen molar-refractivity contribution in [2.75, 3.05) is 11.8 Å². The van der Waals surface area contributed by atoms with Gasteiger partial charge in [-0.15, -0.1) is 0 Å². The first-order chi connectivity index (χ1) is 11.2. The number of methoxy groups -OCH3 is 1. The summed E-state index contributed by atoms with van der Waals surface area (Å²) in [6.45, 7) is 0. The lowest BCUT2D eigenvalue weighted by Crippen LogP contribution is -2.13. The predicted molar refractivity (Wildman–Crippen MR) is 83.6 cm³/mol. The number of benzene rings is 2. The molecule has 2 aromatic rings. The van der Waals surface area contributed by atoms with Crippen LogP contribution in [0.4, 0.5) is 17.1 Å². The summed E-state index contributed by atoms with van der Waals surface area (Å²) in [6, 6.07) is 7.67. The molecule has 0 radical (unpaired) electrons. The largest absolute Gasteiger partial charge is 0.494 e. The molecule has 126 valence electrons. The standard InChI is InChI=1S/C13H11N3O7S/c1-23-13-8-10(16(19)20)4-7-12(13)14-24(21,22)11-5-2-9(3-6-11)15(17)18/h2-8,14H,1H3. The van der Waals surface area contributed by atoms with E-state index in [0.29, 0.717) is 0 Å². The average molecular weight is 353 g/mol. The minimum atomic E-state index is -4.04. The Morgan fingerprint density at radius 3 is 2.00 bits per heavy atom. The van der Waals surface area contributed by atoms with Crippen molar-refractivity contribution in [1.29, 1.82) is 0 Å². The number of hydrogen-bond acceptors (Lipinski definition) is 7. The Bertz CT molecular complexity index is 894. The molecule has 24 heavy (non-hydrogen) atoms.